The number of amides is 3. The Labute approximate surface area is 105 Å². The van der Waals surface area contributed by atoms with Gasteiger partial charge in [0.25, 0.3) is 0 Å². The number of hydrogen-bond acceptors (Lipinski definition) is 3. The molecule has 0 heterocycles. The molecule has 0 aromatic heterocycles. The number of nitrogens with one attached hydrogen (secondary N) is 3. The van der Waals surface area contributed by atoms with E-state index in [1.54, 1.807) is 13.8 Å². The van der Waals surface area contributed by atoms with Gasteiger partial charge < -0.3 is 10.4 Å². The molecule has 7 heteroatoms. The van der Waals surface area contributed by atoms with Crippen LogP contribution in [0.1, 0.15) is 39.5 Å². The third-order valence-corrected chi connectivity index (χ3v) is 2.85. The van der Waals surface area contributed by atoms with Gasteiger partial charge in [-0.2, -0.15) is 0 Å². The number of carbonyl (C=O) groups is 3. The largest absolute Gasteiger partial charge is 0.465 e. The first-order valence-electron chi connectivity index (χ1n) is 5.90. The molecule has 7 nitrogen and oxygen atoms in total. The van der Waals surface area contributed by atoms with Crippen molar-refractivity contribution >= 4 is 17.9 Å². The first-order valence-corrected chi connectivity index (χ1v) is 5.90. The fraction of sp³-hybridized carbons (Fsp3) is 0.727. The summed E-state index contributed by atoms with van der Waals surface area (Å²) in [6, 6.07) is 0. The summed E-state index contributed by atoms with van der Waals surface area (Å²) < 4.78 is 0. The highest BCUT2D eigenvalue weighted by atomic mass is 16.4. The molecule has 4 N–H and O–H groups in total. The second-order valence-electron chi connectivity index (χ2n) is 5.16. The third-order valence-electron chi connectivity index (χ3n) is 2.85. The van der Waals surface area contributed by atoms with Crippen LogP contribution in [-0.2, 0) is 9.59 Å². The van der Waals surface area contributed by atoms with E-state index in [-0.39, 0.29) is 18.2 Å². The number of hydrazine groups is 1. The van der Waals surface area contributed by atoms with Gasteiger partial charge in [0, 0.05) is 11.5 Å². The van der Waals surface area contributed by atoms with Gasteiger partial charge in [0.1, 0.15) is 0 Å². The van der Waals surface area contributed by atoms with Gasteiger partial charge in [-0.1, -0.05) is 6.42 Å². The van der Waals surface area contributed by atoms with Gasteiger partial charge in [0.2, 0.25) is 11.8 Å². The van der Waals surface area contributed by atoms with E-state index in [0.29, 0.717) is 0 Å². The zero-order valence-corrected chi connectivity index (χ0v) is 10.6. The van der Waals surface area contributed by atoms with Crippen molar-refractivity contribution in [1.82, 2.24) is 16.2 Å². The van der Waals surface area contributed by atoms with Crippen LogP contribution in [0, 0.1) is 5.92 Å². The molecular formula is C11H19N3O4. The molecule has 1 aliphatic rings. The van der Waals surface area contributed by atoms with Gasteiger partial charge >= 0.3 is 6.09 Å². The molecule has 1 saturated carbocycles. The molecule has 18 heavy (non-hydrogen) atoms. The maximum absolute atomic E-state index is 11.5. The van der Waals surface area contributed by atoms with Gasteiger partial charge in [0.15, 0.2) is 0 Å². The highest BCUT2D eigenvalue weighted by molar-refractivity contribution is 5.84. The Balaban J connectivity index is 2.27. The molecule has 0 unspecified atom stereocenters. The highest BCUT2D eigenvalue weighted by Gasteiger charge is 2.27. The molecular weight excluding hydrogens is 238 g/mol. The van der Waals surface area contributed by atoms with E-state index in [2.05, 4.69) is 16.2 Å². The van der Waals surface area contributed by atoms with Gasteiger partial charge in [0.05, 0.1) is 6.42 Å². The maximum atomic E-state index is 11.5. The Kier molecular flexibility index (Phi) is 4.52. The summed E-state index contributed by atoms with van der Waals surface area (Å²) in [5.74, 6) is -0.615. The number of hydrogen-bond donors (Lipinski definition) is 4. The Morgan fingerprint density at radius 2 is 1.83 bits per heavy atom. The van der Waals surface area contributed by atoms with Gasteiger partial charge in [-0.05, 0) is 26.7 Å². The van der Waals surface area contributed by atoms with Crippen molar-refractivity contribution in [2.75, 3.05) is 0 Å². The molecule has 102 valence electrons. The predicted molar refractivity (Wildman–Crippen MR) is 63.5 cm³/mol. The van der Waals surface area contributed by atoms with Crippen LogP contribution in [0.3, 0.4) is 0 Å². The Morgan fingerprint density at radius 3 is 2.28 bits per heavy atom. The van der Waals surface area contributed by atoms with Crippen LogP contribution in [-0.4, -0.2) is 28.6 Å². The molecule has 1 aliphatic carbocycles. The van der Waals surface area contributed by atoms with E-state index in [4.69, 9.17) is 5.11 Å². The Hall–Kier alpha value is -1.79. The summed E-state index contributed by atoms with van der Waals surface area (Å²) in [5, 5.41) is 10.8. The summed E-state index contributed by atoms with van der Waals surface area (Å²) in [6.07, 6.45) is 1.51. The number of rotatable bonds is 4. The molecule has 0 saturated heterocycles. The SMILES string of the molecule is CC(C)(CC(=O)NNC(=O)C1CCC1)NC(=O)O. The van der Waals surface area contributed by atoms with Crippen molar-refractivity contribution in [3.05, 3.63) is 0 Å². The quantitative estimate of drug-likeness (QED) is 0.546. The normalized spacial score (nSPS) is 15.4. The number of carboxylic acid groups (broad SMARTS) is 1. The molecule has 0 aromatic rings. The molecule has 3 amide bonds. The summed E-state index contributed by atoms with van der Waals surface area (Å²) in [6.45, 7) is 3.18. The minimum absolute atomic E-state index is 0.00421. The van der Waals surface area contributed by atoms with Crippen molar-refractivity contribution in [2.24, 2.45) is 5.92 Å². The van der Waals surface area contributed by atoms with Crippen molar-refractivity contribution in [1.29, 1.82) is 0 Å². The van der Waals surface area contributed by atoms with Crippen LogP contribution < -0.4 is 16.2 Å². The summed E-state index contributed by atoms with van der Waals surface area (Å²) in [5.41, 5.74) is 3.76. The van der Waals surface area contributed by atoms with Crippen molar-refractivity contribution < 1.29 is 19.5 Å². The topological polar surface area (TPSA) is 108 Å². The molecule has 0 aromatic carbocycles. The van der Waals surface area contributed by atoms with E-state index in [0.717, 1.165) is 19.3 Å². The van der Waals surface area contributed by atoms with Crippen LogP contribution in [0.4, 0.5) is 4.79 Å². The van der Waals surface area contributed by atoms with Crippen molar-refractivity contribution in [3.63, 3.8) is 0 Å². The van der Waals surface area contributed by atoms with Gasteiger partial charge in [-0.15, -0.1) is 0 Å². The molecule has 1 fully saturated rings. The molecule has 0 spiro atoms. The fourth-order valence-corrected chi connectivity index (χ4v) is 1.68. The maximum Gasteiger partial charge on any atom is 0.405 e. The van der Waals surface area contributed by atoms with Crippen molar-refractivity contribution in [2.45, 2.75) is 45.1 Å². The van der Waals surface area contributed by atoms with Crippen LogP contribution in [0.5, 0.6) is 0 Å². The van der Waals surface area contributed by atoms with E-state index in [9.17, 15) is 14.4 Å². The van der Waals surface area contributed by atoms with E-state index in [1.165, 1.54) is 0 Å². The van der Waals surface area contributed by atoms with Gasteiger partial charge in [-0.25, -0.2) is 4.79 Å². The van der Waals surface area contributed by atoms with E-state index < -0.39 is 17.5 Å². The average molecular weight is 257 g/mol. The van der Waals surface area contributed by atoms with Crippen LogP contribution in [0.25, 0.3) is 0 Å². The fourth-order valence-electron chi connectivity index (χ4n) is 1.68. The highest BCUT2D eigenvalue weighted by Crippen LogP contribution is 2.25. The summed E-state index contributed by atoms with van der Waals surface area (Å²) >= 11 is 0. The minimum atomic E-state index is -1.19. The first kappa shape index (κ1) is 14.3. The van der Waals surface area contributed by atoms with Crippen LogP contribution in [0.15, 0.2) is 0 Å². The average Bonchev–Trinajstić information content (AvgIpc) is 2.08. The van der Waals surface area contributed by atoms with Crippen LogP contribution >= 0.6 is 0 Å². The molecule has 0 bridgehead atoms. The second kappa shape index (κ2) is 5.70. The van der Waals surface area contributed by atoms with E-state index >= 15 is 0 Å². The number of carbonyl (C=O) groups excluding carboxylic acids is 2. The lowest BCUT2D eigenvalue weighted by Crippen LogP contribution is -2.51. The second-order valence-corrected chi connectivity index (χ2v) is 5.16. The lowest BCUT2D eigenvalue weighted by molar-refractivity contribution is -0.133. The molecule has 1 rings (SSSR count). The van der Waals surface area contributed by atoms with Crippen LogP contribution in [0.2, 0.25) is 0 Å². The molecule has 0 atom stereocenters. The predicted octanol–water partition coefficient (Wildman–Crippen LogP) is 0.370. The van der Waals surface area contributed by atoms with E-state index in [1.807, 2.05) is 0 Å². The smallest absolute Gasteiger partial charge is 0.405 e. The summed E-state index contributed by atoms with van der Waals surface area (Å²) in [4.78, 5) is 33.4. The third kappa shape index (κ3) is 4.60. The monoisotopic (exact) mass is 257 g/mol. The van der Waals surface area contributed by atoms with Crippen molar-refractivity contribution in [3.8, 4) is 0 Å². The lowest BCUT2D eigenvalue weighted by atomic mass is 9.85. The standard InChI is InChI=1S/C11H19N3O4/c1-11(2,12-10(17)18)6-8(15)13-14-9(16)7-4-3-5-7/h7,12H,3-6H2,1-2H3,(H,13,15)(H,14,16)(H,17,18). The lowest BCUT2D eigenvalue weighted by Gasteiger charge is -2.26. The minimum Gasteiger partial charge on any atom is -0.465 e. The van der Waals surface area contributed by atoms with Gasteiger partial charge in [-0.3, -0.25) is 20.4 Å². The Morgan fingerprint density at radius 1 is 1.22 bits per heavy atom. The first-order chi connectivity index (χ1) is 8.30. The summed E-state index contributed by atoms with van der Waals surface area (Å²) in [7, 11) is 0. The molecule has 0 aliphatic heterocycles. The zero-order valence-electron chi connectivity index (χ0n) is 10.6. The Bertz CT molecular complexity index is 350. The molecule has 0 radical (unpaired) electrons. The zero-order chi connectivity index (χ0) is 13.8.